The Kier molecular flexibility index (Phi) is 5.31. The number of carbonyl (C=O) groups excluding carboxylic acids is 2. The van der Waals surface area contributed by atoms with Gasteiger partial charge in [0, 0.05) is 17.8 Å². The Morgan fingerprint density at radius 2 is 1.84 bits per heavy atom. The van der Waals surface area contributed by atoms with Gasteiger partial charge in [-0.1, -0.05) is 18.2 Å². The molecule has 0 aliphatic rings. The van der Waals surface area contributed by atoms with E-state index >= 15 is 0 Å². The minimum Gasteiger partial charge on any atom is -0.366 e. The van der Waals surface area contributed by atoms with Crippen LogP contribution in [0.3, 0.4) is 0 Å². The van der Waals surface area contributed by atoms with Gasteiger partial charge in [0.25, 0.3) is 0 Å². The van der Waals surface area contributed by atoms with Gasteiger partial charge in [0.05, 0.1) is 5.56 Å². The van der Waals surface area contributed by atoms with Gasteiger partial charge in [-0.2, -0.15) is 13.2 Å². The van der Waals surface area contributed by atoms with Crippen LogP contribution in [0, 0.1) is 6.92 Å². The van der Waals surface area contributed by atoms with Gasteiger partial charge in [0.2, 0.25) is 5.91 Å². The average molecular weight is 351 g/mol. The van der Waals surface area contributed by atoms with Crippen LogP contribution in [0.5, 0.6) is 0 Å². The second-order valence-electron chi connectivity index (χ2n) is 5.40. The quantitative estimate of drug-likeness (QED) is 0.788. The van der Waals surface area contributed by atoms with Crippen molar-refractivity contribution >= 4 is 17.6 Å². The number of hydrogen-bond acceptors (Lipinski definition) is 2. The third-order valence-corrected chi connectivity index (χ3v) is 3.48. The van der Waals surface area contributed by atoms with Gasteiger partial charge in [-0.25, -0.2) is 4.79 Å². The molecule has 2 aromatic rings. The van der Waals surface area contributed by atoms with E-state index in [0.29, 0.717) is 16.8 Å². The molecule has 0 spiro atoms. The number of halogens is 3. The van der Waals surface area contributed by atoms with Gasteiger partial charge in [0.1, 0.15) is 0 Å². The van der Waals surface area contributed by atoms with Crippen molar-refractivity contribution < 1.29 is 22.8 Å². The SMILES string of the molecule is Cc1ccc(C(N)=O)cc1NC(=O)NCc1cccc(C(F)(F)F)c1. The van der Waals surface area contributed by atoms with Crippen LogP contribution >= 0.6 is 0 Å². The van der Waals surface area contributed by atoms with E-state index < -0.39 is 23.7 Å². The molecule has 0 saturated carbocycles. The van der Waals surface area contributed by atoms with E-state index in [2.05, 4.69) is 10.6 Å². The van der Waals surface area contributed by atoms with Crippen LogP contribution in [0.2, 0.25) is 0 Å². The molecule has 0 unspecified atom stereocenters. The molecule has 2 rings (SSSR count). The Bertz CT molecular complexity index is 804. The molecule has 5 nitrogen and oxygen atoms in total. The monoisotopic (exact) mass is 351 g/mol. The zero-order valence-electron chi connectivity index (χ0n) is 13.3. The highest BCUT2D eigenvalue weighted by molar-refractivity contribution is 5.96. The van der Waals surface area contributed by atoms with Gasteiger partial charge < -0.3 is 16.4 Å². The van der Waals surface area contributed by atoms with Gasteiger partial charge in [-0.15, -0.1) is 0 Å². The summed E-state index contributed by atoms with van der Waals surface area (Å²) in [5, 5.41) is 5.01. The third-order valence-electron chi connectivity index (χ3n) is 3.48. The number of rotatable bonds is 4. The van der Waals surface area contributed by atoms with Crippen molar-refractivity contribution in [3.05, 3.63) is 64.7 Å². The topological polar surface area (TPSA) is 84.2 Å². The number of nitrogens with two attached hydrogens (primary N) is 1. The lowest BCUT2D eigenvalue weighted by Crippen LogP contribution is -2.28. The number of hydrogen-bond donors (Lipinski definition) is 3. The third kappa shape index (κ3) is 4.97. The molecule has 0 aliphatic carbocycles. The van der Waals surface area contributed by atoms with Crippen LogP contribution < -0.4 is 16.4 Å². The maximum absolute atomic E-state index is 12.7. The van der Waals surface area contributed by atoms with Crippen molar-refractivity contribution in [2.24, 2.45) is 5.73 Å². The van der Waals surface area contributed by atoms with Crippen LogP contribution in [0.4, 0.5) is 23.7 Å². The fraction of sp³-hybridized carbons (Fsp3) is 0.176. The van der Waals surface area contributed by atoms with Crippen molar-refractivity contribution in [3.63, 3.8) is 0 Å². The van der Waals surface area contributed by atoms with Crippen molar-refractivity contribution in [1.29, 1.82) is 0 Å². The first-order valence-electron chi connectivity index (χ1n) is 7.28. The number of benzene rings is 2. The minimum absolute atomic E-state index is 0.0791. The molecule has 2 aromatic carbocycles. The minimum atomic E-state index is -4.44. The molecule has 0 saturated heterocycles. The number of urea groups is 1. The first kappa shape index (κ1) is 18.3. The van der Waals surface area contributed by atoms with Crippen molar-refractivity contribution in [2.75, 3.05) is 5.32 Å². The summed E-state index contributed by atoms with van der Waals surface area (Å²) in [6.45, 7) is 1.65. The highest BCUT2D eigenvalue weighted by Gasteiger charge is 2.30. The molecule has 25 heavy (non-hydrogen) atoms. The first-order valence-corrected chi connectivity index (χ1v) is 7.28. The normalized spacial score (nSPS) is 11.0. The zero-order chi connectivity index (χ0) is 18.6. The lowest BCUT2D eigenvalue weighted by molar-refractivity contribution is -0.137. The molecular weight excluding hydrogens is 335 g/mol. The molecule has 0 aromatic heterocycles. The van der Waals surface area contributed by atoms with Crippen LogP contribution in [-0.4, -0.2) is 11.9 Å². The molecule has 8 heteroatoms. The first-order chi connectivity index (χ1) is 11.7. The van der Waals surface area contributed by atoms with E-state index in [1.807, 2.05) is 0 Å². The summed E-state index contributed by atoms with van der Waals surface area (Å²) in [5.74, 6) is -0.632. The number of carbonyl (C=O) groups is 2. The molecule has 0 atom stereocenters. The van der Waals surface area contributed by atoms with E-state index in [1.54, 1.807) is 13.0 Å². The Hall–Kier alpha value is -3.03. The van der Waals surface area contributed by atoms with E-state index in [9.17, 15) is 22.8 Å². The van der Waals surface area contributed by atoms with Crippen molar-refractivity contribution in [2.45, 2.75) is 19.6 Å². The number of alkyl halides is 3. The lowest BCUT2D eigenvalue weighted by Gasteiger charge is -2.12. The maximum Gasteiger partial charge on any atom is 0.416 e. The standard InChI is InChI=1S/C17H16F3N3O2/c1-10-5-6-12(15(21)24)8-14(10)23-16(25)22-9-11-3-2-4-13(7-11)17(18,19)20/h2-8H,9H2,1H3,(H2,21,24)(H2,22,23,25). The van der Waals surface area contributed by atoms with Crippen LogP contribution in [0.1, 0.15) is 27.0 Å². The molecule has 0 radical (unpaired) electrons. The van der Waals surface area contributed by atoms with Gasteiger partial charge in [0.15, 0.2) is 0 Å². The van der Waals surface area contributed by atoms with Gasteiger partial charge in [-0.3, -0.25) is 4.79 Å². The van der Waals surface area contributed by atoms with Crippen molar-refractivity contribution in [3.8, 4) is 0 Å². The summed E-state index contributed by atoms with van der Waals surface area (Å²) >= 11 is 0. The van der Waals surface area contributed by atoms with E-state index in [0.717, 1.165) is 12.1 Å². The molecule has 4 N–H and O–H groups in total. The van der Waals surface area contributed by atoms with Crippen LogP contribution in [-0.2, 0) is 12.7 Å². The summed E-state index contributed by atoms with van der Waals surface area (Å²) in [7, 11) is 0. The molecular formula is C17H16F3N3O2. The molecule has 0 fully saturated rings. The molecule has 0 heterocycles. The van der Waals surface area contributed by atoms with Crippen LogP contribution in [0.15, 0.2) is 42.5 Å². The van der Waals surface area contributed by atoms with E-state index in [-0.39, 0.29) is 12.1 Å². The summed E-state index contributed by atoms with van der Waals surface area (Å²) in [4.78, 5) is 23.1. The number of amides is 3. The molecule has 0 bridgehead atoms. The number of anilines is 1. The Balaban J connectivity index is 2.02. The predicted octanol–water partition coefficient (Wildman–Crippen LogP) is 3.43. The summed E-state index contributed by atoms with van der Waals surface area (Å²) < 4.78 is 38.0. The average Bonchev–Trinajstić information content (AvgIpc) is 2.54. The Morgan fingerprint density at radius 1 is 1.12 bits per heavy atom. The van der Waals surface area contributed by atoms with E-state index in [1.165, 1.54) is 24.3 Å². The summed E-state index contributed by atoms with van der Waals surface area (Å²) in [5.41, 5.74) is 6.05. The van der Waals surface area contributed by atoms with Crippen LogP contribution in [0.25, 0.3) is 0 Å². The second-order valence-corrected chi connectivity index (χ2v) is 5.40. The summed E-state index contributed by atoms with van der Waals surface area (Å²) in [6, 6.07) is 8.67. The number of nitrogens with one attached hydrogen (secondary N) is 2. The fourth-order valence-corrected chi connectivity index (χ4v) is 2.12. The van der Waals surface area contributed by atoms with Gasteiger partial charge in [-0.05, 0) is 42.3 Å². The zero-order valence-corrected chi connectivity index (χ0v) is 13.3. The second kappa shape index (κ2) is 7.25. The largest absolute Gasteiger partial charge is 0.416 e. The predicted molar refractivity (Wildman–Crippen MR) is 87.0 cm³/mol. The molecule has 132 valence electrons. The maximum atomic E-state index is 12.7. The van der Waals surface area contributed by atoms with E-state index in [4.69, 9.17) is 5.73 Å². The number of aryl methyl sites for hydroxylation is 1. The Morgan fingerprint density at radius 3 is 2.48 bits per heavy atom. The lowest BCUT2D eigenvalue weighted by atomic mass is 10.1. The highest BCUT2D eigenvalue weighted by atomic mass is 19.4. The van der Waals surface area contributed by atoms with Crippen molar-refractivity contribution in [1.82, 2.24) is 5.32 Å². The fourth-order valence-electron chi connectivity index (χ4n) is 2.12. The molecule has 0 aliphatic heterocycles. The molecule has 3 amide bonds. The Labute approximate surface area is 142 Å². The number of primary amides is 1. The highest BCUT2D eigenvalue weighted by Crippen LogP contribution is 2.29. The smallest absolute Gasteiger partial charge is 0.366 e. The van der Waals surface area contributed by atoms with Gasteiger partial charge >= 0.3 is 12.2 Å². The summed E-state index contributed by atoms with van der Waals surface area (Å²) in [6.07, 6.45) is -4.44.